The lowest BCUT2D eigenvalue weighted by atomic mass is 10.0. The van der Waals surface area contributed by atoms with Gasteiger partial charge in [0.05, 0.1) is 12.6 Å². The lowest BCUT2D eigenvalue weighted by Crippen LogP contribution is -2.33. The molecule has 1 fully saturated rings. The molecule has 1 aliphatic rings. The standard InChI is InChI=1S/C22H27N3O2/c1-3-18(16-8-5-4-6-9-16)24-21(26)14-23-19-10-7-11-20(15(19)2)25-22(27)17-12-13-17/h4-11,17-18,23H,3,12-14H2,1-2H3,(H,24,26)(H,25,27). The second-order valence-corrected chi connectivity index (χ2v) is 7.03. The van der Waals surface area contributed by atoms with E-state index in [0.717, 1.165) is 41.8 Å². The fourth-order valence-corrected chi connectivity index (χ4v) is 3.07. The second-order valence-electron chi connectivity index (χ2n) is 7.03. The van der Waals surface area contributed by atoms with Gasteiger partial charge in [0, 0.05) is 17.3 Å². The molecule has 2 aromatic carbocycles. The fourth-order valence-electron chi connectivity index (χ4n) is 3.07. The van der Waals surface area contributed by atoms with Gasteiger partial charge < -0.3 is 16.0 Å². The number of anilines is 2. The predicted molar refractivity (Wildman–Crippen MR) is 109 cm³/mol. The molecule has 0 aromatic heterocycles. The summed E-state index contributed by atoms with van der Waals surface area (Å²) < 4.78 is 0. The summed E-state index contributed by atoms with van der Waals surface area (Å²) in [7, 11) is 0. The van der Waals surface area contributed by atoms with E-state index in [9.17, 15) is 9.59 Å². The molecule has 27 heavy (non-hydrogen) atoms. The number of hydrogen-bond acceptors (Lipinski definition) is 3. The number of carbonyl (C=O) groups is 2. The van der Waals surface area contributed by atoms with E-state index in [4.69, 9.17) is 0 Å². The number of benzene rings is 2. The molecule has 0 aliphatic heterocycles. The molecule has 0 heterocycles. The molecule has 1 aliphatic carbocycles. The van der Waals surface area contributed by atoms with Gasteiger partial charge in [-0.15, -0.1) is 0 Å². The second kappa shape index (κ2) is 8.71. The van der Waals surface area contributed by atoms with E-state index in [1.807, 2.05) is 55.5 Å². The Bertz CT molecular complexity index is 800. The summed E-state index contributed by atoms with van der Waals surface area (Å²) in [6.45, 7) is 4.19. The van der Waals surface area contributed by atoms with Gasteiger partial charge in [0.25, 0.3) is 0 Å². The third kappa shape index (κ3) is 5.09. The van der Waals surface area contributed by atoms with Crippen LogP contribution in [0.3, 0.4) is 0 Å². The molecule has 2 amide bonds. The van der Waals surface area contributed by atoms with Gasteiger partial charge in [-0.1, -0.05) is 43.3 Å². The van der Waals surface area contributed by atoms with E-state index < -0.39 is 0 Å². The van der Waals surface area contributed by atoms with Crippen molar-refractivity contribution in [2.45, 2.75) is 39.2 Å². The molecule has 5 heteroatoms. The van der Waals surface area contributed by atoms with E-state index in [0.29, 0.717) is 0 Å². The first-order chi connectivity index (χ1) is 13.1. The first-order valence-corrected chi connectivity index (χ1v) is 9.57. The third-order valence-electron chi connectivity index (χ3n) is 4.92. The number of hydrogen-bond donors (Lipinski definition) is 3. The molecule has 2 aromatic rings. The SMILES string of the molecule is CCC(NC(=O)CNc1cccc(NC(=O)C2CC2)c1C)c1ccccc1. The summed E-state index contributed by atoms with van der Waals surface area (Å²) in [5.41, 5.74) is 3.70. The highest BCUT2D eigenvalue weighted by atomic mass is 16.2. The lowest BCUT2D eigenvalue weighted by Gasteiger charge is -2.19. The topological polar surface area (TPSA) is 70.2 Å². The molecule has 3 N–H and O–H groups in total. The number of rotatable bonds is 8. The first-order valence-electron chi connectivity index (χ1n) is 9.57. The maximum absolute atomic E-state index is 12.4. The van der Waals surface area contributed by atoms with Crippen LogP contribution in [0, 0.1) is 12.8 Å². The van der Waals surface area contributed by atoms with Crippen molar-refractivity contribution >= 4 is 23.2 Å². The van der Waals surface area contributed by atoms with E-state index in [2.05, 4.69) is 22.9 Å². The molecule has 0 saturated heterocycles. The molecule has 5 nitrogen and oxygen atoms in total. The van der Waals surface area contributed by atoms with E-state index in [1.54, 1.807) is 0 Å². The van der Waals surface area contributed by atoms with Gasteiger partial charge in [0.2, 0.25) is 11.8 Å². The maximum Gasteiger partial charge on any atom is 0.239 e. The van der Waals surface area contributed by atoms with Crippen LogP contribution in [0.15, 0.2) is 48.5 Å². The van der Waals surface area contributed by atoms with Crippen LogP contribution in [-0.2, 0) is 9.59 Å². The molecular formula is C22H27N3O2. The average molecular weight is 365 g/mol. The Kier molecular flexibility index (Phi) is 6.12. The van der Waals surface area contributed by atoms with Gasteiger partial charge in [0.1, 0.15) is 0 Å². The van der Waals surface area contributed by atoms with Gasteiger partial charge in [0.15, 0.2) is 0 Å². The average Bonchev–Trinajstić information content (AvgIpc) is 3.53. The summed E-state index contributed by atoms with van der Waals surface area (Å²) >= 11 is 0. The molecule has 0 bridgehead atoms. The smallest absolute Gasteiger partial charge is 0.239 e. The van der Waals surface area contributed by atoms with Crippen molar-refractivity contribution in [1.29, 1.82) is 0 Å². The molecule has 142 valence electrons. The first kappa shape index (κ1) is 19.0. The summed E-state index contributed by atoms with van der Waals surface area (Å²) in [5.74, 6) is 0.190. The Morgan fingerprint density at radius 3 is 2.41 bits per heavy atom. The molecule has 0 spiro atoms. The Hall–Kier alpha value is -2.82. The Morgan fingerprint density at radius 1 is 1.04 bits per heavy atom. The van der Waals surface area contributed by atoms with Crippen molar-refractivity contribution in [1.82, 2.24) is 5.32 Å². The van der Waals surface area contributed by atoms with Crippen LogP contribution in [0.2, 0.25) is 0 Å². The van der Waals surface area contributed by atoms with Crippen LogP contribution in [0.4, 0.5) is 11.4 Å². The van der Waals surface area contributed by atoms with Crippen molar-refractivity contribution in [2.24, 2.45) is 5.92 Å². The lowest BCUT2D eigenvalue weighted by molar-refractivity contribution is -0.120. The van der Waals surface area contributed by atoms with E-state index in [1.165, 1.54) is 0 Å². The highest BCUT2D eigenvalue weighted by Gasteiger charge is 2.29. The normalized spacial score (nSPS) is 14.3. The molecule has 3 rings (SSSR count). The third-order valence-corrected chi connectivity index (χ3v) is 4.92. The predicted octanol–water partition coefficient (Wildman–Crippen LogP) is 4.02. The quantitative estimate of drug-likeness (QED) is 0.662. The van der Waals surface area contributed by atoms with E-state index in [-0.39, 0.29) is 30.3 Å². The number of amides is 2. The fraction of sp³-hybridized carbons (Fsp3) is 0.364. The van der Waals surface area contributed by atoms with Gasteiger partial charge in [-0.3, -0.25) is 9.59 Å². The summed E-state index contributed by atoms with van der Waals surface area (Å²) in [6, 6.07) is 15.7. The minimum Gasteiger partial charge on any atom is -0.376 e. The van der Waals surface area contributed by atoms with Crippen molar-refractivity contribution in [3.05, 3.63) is 59.7 Å². The Labute approximate surface area is 160 Å². The van der Waals surface area contributed by atoms with Crippen LogP contribution in [0.1, 0.15) is 43.4 Å². The van der Waals surface area contributed by atoms with Crippen LogP contribution < -0.4 is 16.0 Å². The van der Waals surface area contributed by atoms with Crippen molar-refractivity contribution in [3.8, 4) is 0 Å². The van der Waals surface area contributed by atoms with Crippen LogP contribution in [0.5, 0.6) is 0 Å². The summed E-state index contributed by atoms with van der Waals surface area (Å²) in [4.78, 5) is 24.4. The zero-order valence-electron chi connectivity index (χ0n) is 15.9. The highest BCUT2D eigenvalue weighted by Crippen LogP contribution is 2.31. The molecule has 1 atom stereocenters. The largest absolute Gasteiger partial charge is 0.376 e. The molecular weight excluding hydrogens is 338 g/mol. The zero-order chi connectivity index (χ0) is 19.2. The highest BCUT2D eigenvalue weighted by molar-refractivity contribution is 5.95. The zero-order valence-corrected chi connectivity index (χ0v) is 15.9. The van der Waals surface area contributed by atoms with Crippen molar-refractivity contribution < 1.29 is 9.59 Å². The van der Waals surface area contributed by atoms with Gasteiger partial charge in [-0.05, 0) is 49.4 Å². The molecule has 1 saturated carbocycles. The summed E-state index contributed by atoms with van der Waals surface area (Å²) in [5, 5.41) is 9.24. The monoisotopic (exact) mass is 365 g/mol. The van der Waals surface area contributed by atoms with Gasteiger partial charge in [-0.2, -0.15) is 0 Å². The van der Waals surface area contributed by atoms with Crippen LogP contribution >= 0.6 is 0 Å². The minimum atomic E-state index is -0.0578. The van der Waals surface area contributed by atoms with Crippen LogP contribution in [0.25, 0.3) is 0 Å². The molecule has 0 radical (unpaired) electrons. The summed E-state index contributed by atoms with van der Waals surface area (Å²) in [6.07, 6.45) is 2.78. The minimum absolute atomic E-state index is 0.00533. The van der Waals surface area contributed by atoms with Crippen molar-refractivity contribution in [3.63, 3.8) is 0 Å². The number of carbonyl (C=O) groups excluding carboxylic acids is 2. The molecule has 1 unspecified atom stereocenters. The maximum atomic E-state index is 12.4. The Balaban J connectivity index is 1.57. The van der Waals surface area contributed by atoms with E-state index >= 15 is 0 Å². The van der Waals surface area contributed by atoms with Gasteiger partial charge >= 0.3 is 0 Å². The number of nitrogens with one attached hydrogen (secondary N) is 3. The van der Waals surface area contributed by atoms with Crippen LogP contribution in [-0.4, -0.2) is 18.4 Å². The Morgan fingerprint density at radius 2 is 1.74 bits per heavy atom. The van der Waals surface area contributed by atoms with Gasteiger partial charge in [-0.25, -0.2) is 0 Å². The van der Waals surface area contributed by atoms with Crippen molar-refractivity contribution in [2.75, 3.05) is 17.2 Å².